The predicted octanol–water partition coefficient (Wildman–Crippen LogP) is 7.90. The molecule has 0 aliphatic carbocycles. The minimum Gasteiger partial charge on any atom is -0.508 e. The van der Waals surface area contributed by atoms with Crippen LogP contribution in [0.2, 0.25) is 10.0 Å². The van der Waals surface area contributed by atoms with Crippen LogP contribution in [0.1, 0.15) is 119 Å². The molecule has 2 saturated heterocycles. The van der Waals surface area contributed by atoms with Gasteiger partial charge in [0.2, 0.25) is 47.5 Å². The van der Waals surface area contributed by atoms with Crippen LogP contribution in [0.5, 0.6) is 46.0 Å². The van der Waals surface area contributed by atoms with E-state index in [2.05, 4.69) is 38.5 Å². The number of carboxylic acids is 1. The second-order valence-electron chi connectivity index (χ2n) is 30.0. The summed E-state index contributed by atoms with van der Waals surface area (Å²) in [6.07, 6.45) is -17.9. The second kappa shape index (κ2) is 35.6. The maximum absolute atomic E-state index is 16.4. The zero-order valence-corrected chi connectivity index (χ0v) is 65.5. The van der Waals surface area contributed by atoms with E-state index in [4.69, 9.17) is 72.5 Å². The number of carboxylic acid groups (broad SMARTS) is 1. The first kappa shape index (κ1) is 86.3. The van der Waals surface area contributed by atoms with Gasteiger partial charge in [0.25, 0.3) is 5.22 Å². The molecule has 7 aliphatic rings. The number of aromatic hydroxyl groups is 3. The number of aliphatic carboxylic acids is 1. The summed E-state index contributed by atoms with van der Waals surface area (Å²) in [4.78, 5) is 108. The van der Waals surface area contributed by atoms with Crippen molar-refractivity contribution < 1.29 is 112 Å². The van der Waals surface area contributed by atoms with Crippen molar-refractivity contribution in [3.8, 4) is 79.7 Å². The number of oxazole rings is 1. The lowest BCUT2D eigenvalue weighted by Crippen LogP contribution is -2.64. The molecule has 10 unspecified atom stereocenters. The molecule has 8 aromatic rings. The van der Waals surface area contributed by atoms with E-state index in [1.807, 2.05) is 74.5 Å². The Hall–Kier alpha value is -11.1. The number of aliphatic hydroxyl groups is 5. The van der Waals surface area contributed by atoms with E-state index in [0.717, 1.165) is 48.2 Å². The normalized spacial score (nSPS) is 26.7. The van der Waals surface area contributed by atoms with Crippen LogP contribution in [0.4, 0.5) is 0 Å². The van der Waals surface area contributed by atoms with Crippen LogP contribution < -0.4 is 57.6 Å². The average molecular weight is 1680 g/mol. The van der Waals surface area contributed by atoms with Gasteiger partial charge in [-0.05, 0) is 103 Å². The number of benzene rings is 7. The summed E-state index contributed by atoms with van der Waals surface area (Å²) in [7, 11) is 0. The standard InChI is InChI=1S/C82H85Cl2N9O23S.CH4/c1-34(2)23-35(3)74(103)92-65-67(99)42-19-22-53(48(84)26-42)112-55-28-43-27-54(71(55)115-80-72(114-58-32-82(6,86)73(102)37(5)110-58)69(101)68(100)56(113-80)33-117-81-93-61(38-13-9-7-10-14-38)70(116-81)39-15-11-8-12-16-39)111-52-21-18-41(25-47(52)83)66(98)64-78(107)91-63(79(108)109)46-29-44(94)30-51(96)59(46)45-24-40(17-20-50(45)95)60(36(4)87-64)89-76(105)62(43)90-75(104)49(31-57(85)97)88-77(65)106;/h7-22,24-30,34-35,37,49,56,58,60,62-69,72-73,80,87,94-96,98-102H,4,23,31-33,86H2,1-3,5-6H3,(H2,85,97)(H,88,106)(H,89,105)(H,90,104)(H,91,107)(H,92,103)(H,108,109);1H4/t35-,37?,49-,56?,58?,60?,62+,63+,64-,65+,66+,67+,68?,69?,72?,73?,80?,82?;/m0./s1. The van der Waals surface area contributed by atoms with E-state index < -0.39 is 203 Å². The van der Waals surface area contributed by atoms with Crippen molar-refractivity contribution in [2.75, 3.05) is 5.75 Å². The monoisotopic (exact) mass is 1680 g/mol. The van der Waals surface area contributed by atoms with Gasteiger partial charge in [0.15, 0.2) is 35.7 Å². The molecule has 15 rings (SSSR count). The van der Waals surface area contributed by atoms with Gasteiger partial charge in [-0.25, -0.2) is 9.78 Å². The molecule has 35 heteroatoms. The molecular weight excluding hydrogens is 1590 g/mol. The molecule has 1 aromatic heterocycles. The van der Waals surface area contributed by atoms with E-state index >= 15 is 14.4 Å². The number of rotatable bonds is 16. The maximum atomic E-state index is 16.4. The Labute approximate surface area is 690 Å². The summed E-state index contributed by atoms with van der Waals surface area (Å²) in [5.41, 5.74) is 10.5. The van der Waals surface area contributed by atoms with Crippen LogP contribution in [0, 0.1) is 11.8 Å². The largest absolute Gasteiger partial charge is 0.508 e. The second-order valence-corrected chi connectivity index (χ2v) is 31.7. The Kier molecular flexibility index (Phi) is 26.1. The summed E-state index contributed by atoms with van der Waals surface area (Å²) in [6, 6.07) is 20.9. The molecule has 624 valence electrons. The fourth-order valence-electron chi connectivity index (χ4n) is 14.7. The number of phenolic OH excluding ortho intramolecular Hbond substituents is 3. The first-order valence-corrected chi connectivity index (χ1v) is 38.9. The zero-order valence-electron chi connectivity index (χ0n) is 63.2. The van der Waals surface area contributed by atoms with Crippen molar-refractivity contribution in [3.05, 3.63) is 190 Å². The highest BCUT2D eigenvalue weighted by Gasteiger charge is 2.52. The average Bonchev–Trinajstić information content (AvgIpc) is 0.924. The molecule has 6 amide bonds. The van der Waals surface area contributed by atoms with Gasteiger partial charge in [-0.2, -0.15) is 0 Å². The fourth-order valence-corrected chi connectivity index (χ4v) is 16.1. The van der Waals surface area contributed by atoms with Gasteiger partial charge in [0, 0.05) is 63.2 Å². The Morgan fingerprint density at radius 2 is 1.32 bits per heavy atom. The zero-order chi connectivity index (χ0) is 83.9. The number of fused-ring (bicyclic) bond motifs is 15. The van der Waals surface area contributed by atoms with Crippen molar-refractivity contribution in [1.29, 1.82) is 0 Å². The van der Waals surface area contributed by atoms with E-state index in [1.165, 1.54) is 49.4 Å². The number of aromatic nitrogens is 1. The topological polar surface area (TPSA) is 507 Å². The number of ether oxygens (including phenoxy) is 6. The van der Waals surface area contributed by atoms with E-state index in [1.54, 1.807) is 13.8 Å². The van der Waals surface area contributed by atoms with Gasteiger partial charge >= 0.3 is 5.97 Å². The number of nitrogens with one attached hydrogen (secondary N) is 6. The Balaban J connectivity index is 0.0000128. The summed E-state index contributed by atoms with van der Waals surface area (Å²) in [5, 5.41) is 122. The minimum atomic E-state index is -2.25. The number of carbonyl (C=O) groups excluding carboxylic acids is 6. The number of nitrogens with two attached hydrogens (primary N) is 2. The van der Waals surface area contributed by atoms with Crippen LogP contribution >= 0.6 is 35.0 Å². The van der Waals surface area contributed by atoms with Gasteiger partial charge in [0.1, 0.15) is 83.0 Å². The molecule has 7 aliphatic heterocycles. The number of carbonyl (C=O) groups is 7. The highest BCUT2D eigenvalue weighted by atomic mass is 35.5. The molecule has 19 N–H and O–H groups in total. The van der Waals surface area contributed by atoms with Crippen molar-refractivity contribution in [2.24, 2.45) is 23.3 Å². The number of thioether (sulfide) groups is 1. The maximum Gasteiger partial charge on any atom is 0.330 e. The summed E-state index contributed by atoms with van der Waals surface area (Å²) in [6.45, 7) is 12.6. The molecule has 11 bridgehead atoms. The number of aliphatic hydroxyl groups excluding tert-OH is 5. The van der Waals surface area contributed by atoms with Gasteiger partial charge in [-0.15, -0.1) is 0 Å². The molecular formula is C83H89Cl2N9O23S. The molecule has 32 nitrogen and oxygen atoms in total. The minimum absolute atomic E-state index is 0. The lowest BCUT2D eigenvalue weighted by atomic mass is 9.86. The third kappa shape index (κ3) is 18.4. The predicted molar refractivity (Wildman–Crippen MR) is 427 cm³/mol. The number of hydrogen-bond donors (Lipinski definition) is 17. The lowest BCUT2D eigenvalue weighted by Gasteiger charge is -2.47. The lowest BCUT2D eigenvalue weighted by molar-refractivity contribution is -0.329. The SMILES string of the molecule is C.C=C1N[C@@H]2C(=O)N[C@@H](C(=O)O)c3cc(O)cc(O)c3-c3cc(ccc3O)C1NC(=O)[C@@H]1NC(=O)[C@H](CC(N)=O)NC(=O)[C@H](NC(=O)[C@@H](C)CC(C)C)[C@H](O)c3ccc(c(Cl)c3)Oc3cc1cc(c3OC1OC(CSc3nc(-c4ccccc4)c(-c4ccccc4)o3)C(O)C(O)C1OC1CC(C)(N)C(O)C(C)O1)Oc1ccc(cc1Cl)[C@H]2O. The molecule has 18 atom stereocenters. The molecule has 0 spiro atoms. The van der Waals surface area contributed by atoms with Gasteiger partial charge in [-0.3, -0.25) is 28.8 Å². The van der Waals surface area contributed by atoms with Crippen LogP contribution in [-0.2, 0) is 47.8 Å². The number of amides is 6. The van der Waals surface area contributed by atoms with Crippen molar-refractivity contribution in [3.63, 3.8) is 0 Å². The van der Waals surface area contributed by atoms with Crippen LogP contribution in [0.15, 0.2) is 161 Å². The van der Waals surface area contributed by atoms with E-state index in [9.17, 15) is 65.1 Å². The number of primary amides is 1. The summed E-state index contributed by atoms with van der Waals surface area (Å²) < 4.78 is 46.8. The third-order valence-electron chi connectivity index (χ3n) is 20.7. The number of nitrogens with zero attached hydrogens (tertiary/aromatic N) is 1. The Morgan fingerprint density at radius 3 is 1.93 bits per heavy atom. The van der Waals surface area contributed by atoms with Crippen LogP contribution in [-0.4, -0.2) is 171 Å². The fraction of sp³-hybridized carbons (Fsp3) is 0.349. The van der Waals surface area contributed by atoms with Gasteiger partial charge < -0.3 is 122 Å². The number of halogens is 2. The van der Waals surface area contributed by atoms with Crippen molar-refractivity contribution in [1.82, 2.24) is 36.9 Å². The van der Waals surface area contributed by atoms with Crippen LogP contribution in [0.25, 0.3) is 33.7 Å². The highest BCUT2D eigenvalue weighted by Crippen LogP contribution is 2.51. The smallest absolute Gasteiger partial charge is 0.330 e. The Bertz CT molecular complexity index is 5100. The molecule has 118 heavy (non-hydrogen) atoms. The third-order valence-corrected chi connectivity index (χ3v) is 22.2. The molecule has 0 radical (unpaired) electrons. The summed E-state index contributed by atoms with van der Waals surface area (Å²) >= 11 is 15.5. The first-order chi connectivity index (χ1) is 55.6. The van der Waals surface area contributed by atoms with Gasteiger partial charge in [-0.1, -0.05) is 149 Å². The first-order valence-electron chi connectivity index (χ1n) is 37.2. The molecule has 7 aromatic carbocycles. The number of hydrogen-bond acceptors (Lipinski definition) is 26. The van der Waals surface area contributed by atoms with Crippen molar-refractivity contribution >= 4 is 76.4 Å². The summed E-state index contributed by atoms with van der Waals surface area (Å²) in [5.74, 6) is -14.0. The van der Waals surface area contributed by atoms with E-state index in [0.29, 0.717) is 29.0 Å². The molecule has 2 fully saturated rings. The Morgan fingerprint density at radius 1 is 0.703 bits per heavy atom. The molecule has 0 saturated carbocycles. The molecule has 8 heterocycles. The number of phenols is 3. The van der Waals surface area contributed by atoms with Crippen molar-refractivity contribution in [2.45, 2.75) is 170 Å². The highest BCUT2D eigenvalue weighted by molar-refractivity contribution is 7.99. The quantitative estimate of drug-likeness (QED) is 0.0408. The van der Waals surface area contributed by atoms with Gasteiger partial charge in [0.05, 0.1) is 40.8 Å². The van der Waals surface area contributed by atoms with Crippen LogP contribution in [0.3, 0.4) is 0 Å². The van der Waals surface area contributed by atoms with E-state index in [-0.39, 0.29) is 85.8 Å².